The van der Waals surface area contributed by atoms with E-state index < -0.39 is 17.4 Å². The zero-order chi connectivity index (χ0) is 18.4. The van der Waals surface area contributed by atoms with Crippen LogP contribution >= 0.6 is 22.7 Å². The number of carbonyl (C=O) groups is 1. The maximum absolute atomic E-state index is 13.2. The van der Waals surface area contributed by atoms with Crippen LogP contribution in [0.1, 0.15) is 27.4 Å². The number of aromatic nitrogens is 3. The van der Waals surface area contributed by atoms with Gasteiger partial charge in [-0.05, 0) is 31.4 Å². The first-order chi connectivity index (χ1) is 12.5. The van der Waals surface area contributed by atoms with E-state index in [2.05, 4.69) is 10.2 Å². The number of carbonyl (C=O) groups excluding carboxylic acids is 1. The maximum atomic E-state index is 13.2. The first kappa shape index (κ1) is 16.6. The Balaban J connectivity index is 2.02. The van der Waals surface area contributed by atoms with Crippen LogP contribution in [-0.2, 0) is 0 Å². The highest BCUT2D eigenvalue weighted by atomic mass is 32.1. The zero-order valence-electron chi connectivity index (χ0n) is 13.8. The molecule has 0 saturated heterocycles. The van der Waals surface area contributed by atoms with Crippen LogP contribution in [0.2, 0.25) is 0 Å². The summed E-state index contributed by atoms with van der Waals surface area (Å²) in [4.78, 5) is 13.2. The second kappa shape index (κ2) is 6.11. The first-order valence-corrected chi connectivity index (χ1v) is 9.38. The number of rotatable bonds is 4. The van der Waals surface area contributed by atoms with Gasteiger partial charge in [0.1, 0.15) is 17.0 Å². The molecule has 4 heterocycles. The normalized spacial score (nSPS) is 11.2. The van der Waals surface area contributed by atoms with E-state index in [0.29, 0.717) is 33.5 Å². The molecule has 0 bridgehead atoms. The van der Waals surface area contributed by atoms with Gasteiger partial charge < -0.3 is 14.6 Å². The van der Waals surface area contributed by atoms with Crippen LogP contribution < -0.4 is 0 Å². The average Bonchev–Trinajstić information content (AvgIpc) is 3.36. The highest BCUT2D eigenvalue weighted by Gasteiger charge is 2.32. The standard InChI is InChI=1S/C17H13N3O4S2/c1-8-5-11(9(2)24-8)14(21)12-13(10-3-4-25-6-10)20(16(23)15(12)22)17-19-18-7-26-17/h3-7,22-23H,1-2H3. The fourth-order valence-corrected chi connectivity index (χ4v) is 4.08. The van der Waals surface area contributed by atoms with Crippen molar-refractivity contribution in [3.8, 4) is 28.0 Å². The van der Waals surface area contributed by atoms with Crippen molar-refractivity contribution in [2.45, 2.75) is 13.8 Å². The molecular formula is C17H13N3O4S2. The quantitative estimate of drug-likeness (QED) is 0.515. The molecule has 0 unspecified atom stereocenters. The summed E-state index contributed by atoms with van der Waals surface area (Å²) in [6.07, 6.45) is 0. The highest BCUT2D eigenvalue weighted by molar-refractivity contribution is 7.11. The number of hydrogen-bond donors (Lipinski definition) is 2. The zero-order valence-corrected chi connectivity index (χ0v) is 15.4. The number of nitrogens with zero attached hydrogens (tertiary/aromatic N) is 3. The Morgan fingerprint density at radius 3 is 2.69 bits per heavy atom. The molecule has 4 rings (SSSR count). The molecule has 2 N–H and O–H groups in total. The predicted octanol–water partition coefficient (Wildman–Crippen LogP) is 3.91. The molecule has 0 aliphatic rings. The molecule has 132 valence electrons. The molecule has 4 aromatic heterocycles. The molecule has 0 radical (unpaired) electrons. The van der Waals surface area contributed by atoms with Crippen molar-refractivity contribution in [2.75, 3.05) is 0 Å². The van der Waals surface area contributed by atoms with Gasteiger partial charge in [-0.25, -0.2) is 0 Å². The van der Waals surface area contributed by atoms with Gasteiger partial charge in [0.25, 0.3) is 0 Å². The molecule has 0 aromatic carbocycles. The number of hydrogen-bond acceptors (Lipinski definition) is 8. The largest absolute Gasteiger partial charge is 0.503 e. The predicted molar refractivity (Wildman–Crippen MR) is 97.5 cm³/mol. The van der Waals surface area contributed by atoms with Gasteiger partial charge in [-0.2, -0.15) is 11.3 Å². The Kier molecular flexibility index (Phi) is 3.89. The van der Waals surface area contributed by atoms with E-state index in [0.717, 1.165) is 0 Å². The Bertz CT molecular complexity index is 1090. The molecule has 0 fully saturated rings. The lowest BCUT2D eigenvalue weighted by Gasteiger charge is -2.06. The molecule has 9 heteroatoms. The van der Waals surface area contributed by atoms with Crippen LogP contribution in [0, 0.1) is 13.8 Å². The minimum Gasteiger partial charge on any atom is -0.503 e. The molecular weight excluding hydrogens is 374 g/mol. The molecule has 0 spiro atoms. The van der Waals surface area contributed by atoms with Gasteiger partial charge in [0.15, 0.2) is 5.75 Å². The second-order valence-corrected chi connectivity index (χ2v) is 7.21. The number of thiophene rings is 1. The van der Waals surface area contributed by atoms with E-state index in [1.54, 1.807) is 26.0 Å². The third kappa shape index (κ3) is 2.44. The van der Waals surface area contributed by atoms with Crippen molar-refractivity contribution < 1.29 is 19.4 Å². The third-order valence-electron chi connectivity index (χ3n) is 3.97. The van der Waals surface area contributed by atoms with Crippen LogP contribution in [0.15, 0.2) is 32.8 Å². The maximum Gasteiger partial charge on any atom is 0.242 e. The van der Waals surface area contributed by atoms with Crippen molar-refractivity contribution in [1.29, 1.82) is 0 Å². The summed E-state index contributed by atoms with van der Waals surface area (Å²) in [5.74, 6) is -0.341. The van der Waals surface area contributed by atoms with Crippen molar-refractivity contribution in [3.05, 3.63) is 51.1 Å². The summed E-state index contributed by atoms with van der Waals surface area (Å²) in [5, 5.41) is 32.8. The molecule has 0 amide bonds. The van der Waals surface area contributed by atoms with Gasteiger partial charge in [0, 0.05) is 10.9 Å². The van der Waals surface area contributed by atoms with Gasteiger partial charge in [-0.15, -0.1) is 10.2 Å². The number of aryl methyl sites for hydroxylation is 2. The van der Waals surface area contributed by atoms with Crippen molar-refractivity contribution >= 4 is 28.5 Å². The Hall–Kier alpha value is -2.91. The van der Waals surface area contributed by atoms with E-state index in [1.807, 2.05) is 10.8 Å². The monoisotopic (exact) mass is 387 g/mol. The third-order valence-corrected chi connectivity index (χ3v) is 5.33. The molecule has 0 atom stereocenters. The van der Waals surface area contributed by atoms with Crippen LogP contribution in [0.3, 0.4) is 0 Å². The molecule has 4 aromatic rings. The van der Waals surface area contributed by atoms with Gasteiger partial charge >= 0.3 is 0 Å². The van der Waals surface area contributed by atoms with Gasteiger partial charge in [0.2, 0.25) is 16.8 Å². The highest BCUT2D eigenvalue weighted by Crippen LogP contribution is 2.44. The number of ketones is 1. The summed E-state index contributed by atoms with van der Waals surface area (Å²) >= 11 is 2.62. The van der Waals surface area contributed by atoms with E-state index >= 15 is 0 Å². The van der Waals surface area contributed by atoms with Crippen molar-refractivity contribution in [1.82, 2.24) is 14.8 Å². The molecule has 26 heavy (non-hydrogen) atoms. The van der Waals surface area contributed by atoms with Crippen molar-refractivity contribution in [2.24, 2.45) is 0 Å². The van der Waals surface area contributed by atoms with E-state index in [-0.39, 0.29) is 5.56 Å². The molecule has 0 saturated carbocycles. The van der Waals surface area contributed by atoms with Crippen LogP contribution in [-0.4, -0.2) is 30.8 Å². The van der Waals surface area contributed by atoms with E-state index in [9.17, 15) is 15.0 Å². The summed E-state index contributed by atoms with van der Waals surface area (Å²) in [5.41, 5.74) is 2.89. The van der Waals surface area contributed by atoms with E-state index in [1.165, 1.54) is 32.8 Å². The smallest absolute Gasteiger partial charge is 0.242 e. The lowest BCUT2D eigenvalue weighted by atomic mass is 10.0. The fraction of sp³-hybridized carbons (Fsp3) is 0.118. The summed E-state index contributed by atoms with van der Waals surface area (Å²) in [7, 11) is 0. The van der Waals surface area contributed by atoms with Gasteiger partial charge in [-0.1, -0.05) is 11.3 Å². The SMILES string of the molecule is Cc1cc(C(=O)c2c(O)c(O)n(-c3nncs3)c2-c2ccsc2)c(C)o1. The lowest BCUT2D eigenvalue weighted by Crippen LogP contribution is -2.05. The number of furan rings is 1. The Labute approximate surface area is 155 Å². The molecule has 7 nitrogen and oxygen atoms in total. The van der Waals surface area contributed by atoms with Gasteiger partial charge in [-0.3, -0.25) is 9.36 Å². The minimum atomic E-state index is -0.496. The summed E-state index contributed by atoms with van der Waals surface area (Å²) < 4.78 is 6.78. The molecule has 0 aliphatic heterocycles. The Morgan fingerprint density at radius 1 is 1.31 bits per heavy atom. The summed E-state index contributed by atoms with van der Waals surface area (Å²) in [6.45, 7) is 3.43. The van der Waals surface area contributed by atoms with Crippen LogP contribution in [0.25, 0.3) is 16.4 Å². The molecule has 0 aliphatic carbocycles. The van der Waals surface area contributed by atoms with Crippen molar-refractivity contribution in [3.63, 3.8) is 0 Å². The lowest BCUT2D eigenvalue weighted by molar-refractivity contribution is 0.103. The Morgan fingerprint density at radius 2 is 2.12 bits per heavy atom. The minimum absolute atomic E-state index is 0.000000000000000666. The summed E-state index contributed by atoms with van der Waals surface area (Å²) in [6, 6.07) is 3.43. The number of aromatic hydroxyl groups is 2. The van der Waals surface area contributed by atoms with Gasteiger partial charge in [0.05, 0.1) is 16.8 Å². The van der Waals surface area contributed by atoms with E-state index in [4.69, 9.17) is 4.42 Å². The topological polar surface area (TPSA) is 101 Å². The first-order valence-electron chi connectivity index (χ1n) is 7.56. The average molecular weight is 387 g/mol. The van der Waals surface area contributed by atoms with Crippen LogP contribution in [0.4, 0.5) is 0 Å². The fourth-order valence-electron chi connectivity index (χ4n) is 2.88. The second-order valence-electron chi connectivity index (χ2n) is 5.62. The van der Waals surface area contributed by atoms with Crippen LogP contribution in [0.5, 0.6) is 11.6 Å².